The molecule has 0 saturated heterocycles. The van der Waals surface area contributed by atoms with E-state index in [1.54, 1.807) is 17.8 Å². The van der Waals surface area contributed by atoms with Crippen molar-refractivity contribution in [2.24, 2.45) is 5.73 Å². The van der Waals surface area contributed by atoms with Crippen LogP contribution in [0.5, 0.6) is 0 Å². The number of aryl methyl sites for hydroxylation is 2. The Balaban J connectivity index is 2.29. The topological polar surface area (TPSA) is 49.9 Å². The minimum atomic E-state index is -0.00642. The van der Waals surface area contributed by atoms with Crippen LogP contribution in [0.25, 0.3) is 0 Å². The van der Waals surface area contributed by atoms with Gasteiger partial charge in [0.1, 0.15) is 5.84 Å². The zero-order valence-corrected chi connectivity index (χ0v) is 12.4. The first-order chi connectivity index (χ1) is 8.97. The number of nitrogens with two attached hydrogens (primary N) is 1. The van der Waals surface area contributed by atoms with Crippen molar-refractivity contribution in [2.45, 2.75) is 23.6 Å². The number of hydrogen-bond donors (Lipinski definition) is 2. The lowest BCUT2D eigenvalue weighted by Crippen LogP contribution is -2.11. The summed E-state index contributed by atoms with van der Waals surface area (Å²) in [6.07, 6.45) is 0. The minimum Gasteiger partial charge on any atom is -0.384 e. The molecule has 0 aliphatic heterocycles. The fraction of sp³-hybridized carbons (Fsp3) is 0.133. The van der Waals surface area contributed by atoms with Crippen LogP contribution in [0, 0.1) is 19.3 Å². The zero-order valence-electron chi connectivity index (χ0n) is 10.8. The summed E-state index contributed by atoms with van der Waals surface area (Å²) in [7, 11) is 0. The molecule has 0 amide bonds. The molecule has 2 aromatic carbocycles. The lowest BCUT2D eigenvalue weighted by Gasteiger charge is -2.08. The van der Waals surface area contributed by atoms with Crippen molar-refractivity contribution in [3.05, 3.63) is 58.1 Å². The van der Waals surface area contributed by atoms with Crippen LogP contribution in [-0.4, -0.2) is 5.84 Å². The number of halogens is 1. The normalized spacial score (nSPS) is 10.5. The molecule has 0 unspecified atom stereocenters. The molecule has 2 nitrogen and oxygen atoms in total. The van der Waals surface area contributed by atoms with Crippen molar-refractivity contribution >= 4 is 29.2 Å². The summed E-state index contributed by atoms with van der Waals surface area (Å²) >= 11 is 7.78. The number of nitrogens with one attached hydrogen (secondary N) is 1. The van der Waals surface area contributed by atoms with E-state index in [0.717, 1.165) is 4.90 Å². The van der Waals surface area contributed by atoms with Crippen LogP contribution in [0.1, 0.15) is 16.7 Å². The van der Waals surface area contributed by atoms with Gasteiger partial charge >= 0.3 is 0 Å². The summed E-state index contributed by atoms with van der Waals surface area (Å²) in [5.41, 5.74) is 8.53. The van der Waals surface area contributed by atoms with Crippen LogP contribution in [-0.2, 0) is 0 Å². The second-order valence-corrected chi connectivity index (χ2v) is 5.95. The maximum absolute atomic E-state index is 7.41. The third kappa shape index (κ3) is 3.31. The maximum Gasteiger partial charge on any atom is 0.124 e. The highest BCUT2D eigenvalue weighted by atomic mass is 35.5. The lowest BCUT2D eigenvalue weighted by molar-refractivity contribution is 1.26. The fourth-order valence-corrected chi connectivity index (χ4v) is 3.09. The number of amidine groups is 1. The van der Waals surface area contributed by atoms with Crippen LogP contribution in [0.2, 0.25) is 5.02 Å². The number of benzene rings is 2. The molecule has 0 radical (unpaired) electrons. The second-order valence-electron chi connectivity index (χ2n) is 4.43. The molecule has 98 valence electrons. The van der Waals surface area contributed by atoms with Gasteiger partial charge in [-0.25, -0.2) is 0 Å². The van der Waals surface area contributed by atoms with Crippen molar-refractivity contribution in [3.8, 4) is 0 Å². The van der Waals surface area contributed by atoms with Crippen molar-refractivity contribution in [3.63, 3.8) is 0 Å². The molecule has 4 heteroatoms. The number of nitrogen functional groups attached to an aromatic ring is 1. The predicted molar refractivity (Wildman–Crippen MR) is 82.5 cm³/mol. The Kier molecular flexibility index (Phi) is 4.17. The summed E-state index contributed by atoms with van der Waals surface area (Å²) in [5.74, 6) is -0.00642. The van der Waals surface area contributed by atoms with Gasteiger partial charge in [-0.1, -0.05) is 41.1 Å². The number of rotatable bonds is 3. The SMILES string of the molecule is Cc1ccc(Sc2ccc(C(=N)N)c(Cl)c2)c(C)c1. The highest BCUT2D eigenvalue weighted by Gasteiger charge is 2.07. The van der Waals surface area contributed by atoms with Gasteiger partial charge in [-0.05, 0) is 43.7 Å². The monoisotopic (exact) mass is 290 g/mol. The van der Waals surface area contributed by atoms with Gasteiger partial charge in [0.05, 0.1) is 5.02 Å². The van der Waals surface area contributed by atoms with Crippen LogP contribution < -0.4 is 5.73 Å². The van der Waals surface area contributed by atoms with Gasteiger partial charge in [0.25, 0.3) is 0 Å². The molecule has 0 aliphatic carbocycles. The van der Waals surface area contributed by atoms with Crippen molar-refractivity contribution in [1.82, 2.24) is 0 Å². The molecule has 2 rings (SSSR count). The summed E-state index contributed by atoms with van der Waals surface area (Å²) in [6, 6.07) is 11.9. The Hall–Kier alpha value is -1.45. The van der Waals surface area contributed by atoms with E-state index < -0.39 is 0 Å². The third-order valence-corrected chi connectivity index (χ3v) is 4.27. The molecule has 0 fully saturated rings. The standard InChI is InChI=1S/C15H15ClN2S/c1-9-3-6-14(10(2)7-9)19-11-4-5-12(15(17)18)13(16)8-11/h3-8H,1-2H3,(H3,17,18). The Morgan fingerprint density at radius 2 is 1.89 bits per heavy atom. The van der Waals surface area contributed by atoms with E-state index in [-0.39, 0.29) is 5.84 Å². The van der Waals surface area contributed by atoms with Crippen LogP contribution >= 0.6 is 23.4 Å². The quantitative estimate of drug-likeness (QED) is 0.650. The highest BCUT2D eigenvalue weighted by Crippen LogP contribution is 2.33. The maximum atomic E-state index is 7.41. The van der Waals surface area contributed by atoms with Crippen molar-refractivity contribution < 1.29 is 0 Å². The zero-order chi connectivity index (χ0) is 14.0. The summed E-state index contributed by atoms with van der Waals surface area (Å²) in [5, 5.41) is 7.93. The first-order valence-corrected chi connectivity index (χ1v) is 7.06. The first-order valence-electron chi connectivity index (χ1n) is 5.86. The molecule has 0 saturated carbocycles. The van der Waals surface area contributed by atoms with Crippen molar-refractivity contribution in [2.75, 3.05) is 0 Å². The van der Waals surface area contributed by atoms with E-state index >= 15 is 0 Å². The van der Waals surface area contributed by atoms with Gasteiger partial charge in [-0.2, -0.15) is 0 Å². The fourth-order valence-electron chi connectivity index (χ4n) is 1.82. The molecule has 0 spiro atoms. The van der Waals surface area contributed by atoms with Gasteiger partial charge in [0.2, 0.25) is 0 Å². The largest absolute Gasteiger partial charge is 0.384 e. The second kappa shape index (κ2) is 5.68. The molecule has 0 heterocycles. The molecular weight excluding hydrogens is 276 g/mol. The Morgan fingerprint density at radius 3 is 2.47 bits per heavy atom. The smallest absolute Gasteiger partial charge is 0.124 e. The molecular formula is C15H15ClN2S. The van der Waals surface area contributed by atoms with Gasteiger partial charge < -0.3 is 5.73 Å². The van der Waals surface area contributed by atoms with Crippen LogP contribution in [0.15, 0.2) is 46.2 Å². The van der Waals surface area contributed by atoms with E-state index in [1.807, 2.05) is 12.1 Å². The third-order valence-electron chi connectivity index (χ3n) is 2.79. The number of hydrogen-bond acceptors (Lipinski definition) is 2. The van der Waals surface area contributed by atoms with E-state index in [4.69, 9.17) is 22.7 Å². The summed E-state index contributed by atoms with van der Waals surface area (Å²) in [4.78, 5) is 2.25. The molecule has 0 atom stereocenters. The van der Waals surface area contributed by atoms with E-state index in [0.29, 0.717) is 10.6 Å². The van der Waals surface area contributed by atoms with Gasteiger partial charge in [-0.15, -0.1) is 0 Å². The summed E-state index contributed by atoms with van der Waals surface area (Å²) in [6.45, 7) is 4.18. The van der Waals surface area contributed by atoms with E-state index in [2.05, 4.69) is 32.0 Å². The molecule has 0 bridgehead atoms. The summed E-state index contributed by atoms with van der Waals surface area (Å²) < 4.78 is 0. The van der Waals surface area contributed by atoms with E-state index in [1.165, 1.54) is 16.0 Å². The molecule has 0 aromatic heterocycles. The average molecular weight is 291 g/mol. The lowest BCUT2D eigenvalue weighted by atomic mass is 10.2. The predicted octanol–water partition coefficient (Wildman–Crippen LogP) is 4.39. The first kappa shape index (κ1) is 14.0. The highest BCUT2D eigenvalue weighted by molar-refractivity contribution is 7.99. The van der Waals surface area contributed by atoms with Crippen molar-refractivity contribution in [1.29, 1.82) is 5.41 Å². The van der Waals surface area contributed by atoms with Gasteiger partial charge in [0, 0.05) is 15.4 Å². The Labute approximate surface area is 122 Å². The minimum absolute atomic E-state index is 0.00642. The van der Waals surface area contributed by atoms with Gasteiger partial charge in [0.15, 0.2) is 0 Å². The molecule has 0 aliphatic rings. The Morgan fingerprint density at radius 1 is 1.16 bits per heavy atom. The molecule has 3 N–H and O–H groups in total. The van der Waals surface area contributed by atoms with Crippen LogP contribution in [0.4, 0.5) is 0 Å². The van der Waals surface area contributed by atoms with Crippen LogP contribution in [0.3, 0.4) is 0 Å². The molecule has 19 heavy (non-hydrogen) atoms. The molecule has 2 aromatic rings. The van der Waals surface area contributed by atoms with Gasteiger partial charge in [-0.3, -0.25) is 5.41 Å². The average Bonchev–Trinajstić information content (AvgIpc) is 2.32. The Bertz CT molecular complexity index is 638. The van der Waals surface area contributed by atoms with E-state index in [9.17, 15) is 0 Å².